The van der Waals surface area contributed by atoms with E-state index in [2.05, 4.69) is 26.3 Å². The molecule has 1 aromatic heterocycles. The Labute approximate surface area is 77.5 Å². The van der Waals surface area contributed by atoms with Crippen LogP contribution < -0.4 is 0 Å². The van der Waals surface area contributed by atoms with Gasteiger partial charge in [0.2, 0.25) is 4.67 Å². The molecule has 2 rings (SSSR count). The predicted octanol–water partition coefficient (Wildman–Crippen LogP) is 2.50. The van der Waals surface area contributed by atoms with E-state index in [-0.39, 0.29) is 0 Å². The summed E-state index contributed by atoms with van der Waals surface area (Å²) in [6.07, 6.45) is 0. The average Bonchev–Trinajstić information content (AvgIpc) is 2.53. The van der Waals surface area contributed by atoms with Gasteiger partial charge < -0.3 is 4.52 Å². The molecule has 1 aromatic carbocycles. The normalized spacial score (nSPS) is 10.1. The van der Waals surface area contributed by atoms with Crippen LogP contribution in [0.1, 0.15) is 0 Å². The number of hydrogen-bond acceptors (Lipinski definition) is 3. The van der Waals surface area contributed by atoms with Crippen LogP contribution >= 0.6 is 15.9 Å². The van der Waals surface area contributed by atoms with E-state index in [9.17, 15) is 0 Å². The summed E-state index contributed by atoms with van der Waals surface area (Å²) in [5, 5.41) is 7.25. The second-order valence-electron chi connectivity index (χ2n) is 2.26. The lowest BCUT2D eigenvalue weighted by Gasteiger charge is -1.92. The molecule has 0 aliphatic heterocycles. The molecule has 0 atom stereocenters. The first kappa shape index (κ1) is 7.49. The molecule has 0 saturated carbocycles. The number of nitrogens with zero attached hydrogens (tertiary/aromatic N) is 2. The van der Waals surface area contributed by atoms with Crippen LogP contribution in [0.15, 0.2) is 39.5 Å². The summed E-state index contributed by atoms with van der Waals surface area (Å²) in [5.74, 6) is 0. The van der Waals surface area contributed by atoms with Gasteiger partial charge in [0.15, 0.2) is 0 Å². The molecule has 0 amide bonds. The molecule has 4 heteroatoms. The van der Waals surface area contributed by atoms with Gasteiger partial charge in [0.25, 0.3) is 0 Å². The summed E-state index contributed by atoms with van der Waals surface area (Å²) in [6, 6.07) is 9.73. The van der Waals surface area contributed by atoms with Crippen molar-refractivity contribution in [2.24, 2.45) is 0 Å². The molecular weight excluding hydrogens is 220 g/mol. The number of benzene rings is 1. The summed E-state index contributed by atoms with van der Waals surface area (Å²) in [6.45, 7) is 0. The second-order valence-corrected chi connectivity index (χ2v) is 2.98. The van der Waals surface area contributed by atoms with Crippen molar-refractivity contribution in [3.05, 3.63) is 35.0 Å². The van der Waals surface area contributed by atoms with Crippen LogP contribution in [0, 0.1) is 0 Å². The minimum absolute atomic E-state index is 0.564. The summed E-state index contributed by atoms with van der Waals surface area (Å²) >= 11 is 3.21. The summed E-state index contributed by atoms with van der Waals surface area (Å²) in [4.78, 5) is 0. The third-order valence-electron chi connectivity index (χ3n) is 1.50. The van der Waals surface area contributed by atoms with E-state index in [4.69, 9.17) is 4.52 Å². The molecule has 0 N–H and O–H groups in total. The molecule has 0 aliphatic rings. The van der Waals surface area contributed by atoms with E-state index in [1.165, 1.54) is 0 Å². The molecule has 0 radical (unpaired) electrons. The molecule has 0 unspecified atom stereocenters. The van der Waals surface area contributed by atoms with Crippen LogP contribution in [0.25, 0.3) is 11.3 Å². The quantitative estimate of drug-likeness (QED) is 0.748. The Morgan fingerprint density at radius 2 is 1.92 bits per heavy atom. The molecule has 0 saturated heterocycles. The highest BCUT2D eigenvalue weighted by molar-refractivity contribution is 9.10. The van der Waals surface area contributed by atoms with Crippen molar-refractivity contribution in [3.8, 4) is 11.3 Å². The Balaban J connectivity index is 2.51. The Morgan fingerprint density at radius 1 is 1.17 bits per heavy atom. The molecule has 0 bridgehead atoms. The topological polar surface area (TPSA) is 38.9 Å². The Kier molecular flexibility index (Phi) is 1.91. The van der Waals surface area contributed by atoms with Crippen molar-refractivity contribution in [1.29, 1.82) is 0 Å². The van der Waals surface area contributed by atoms with Crippen molar-refractivity contribution >= 4 is 15.9 Å². The van der Waals surface area contributed by atoms with Crippen LogP contribution in [0.3, 0.4) is 0 Å². The smallest absolute Gasteiger partial charge is 0.230 e. The number of rotatable bonds is 1. The van der Waals surface area contributed by atoms with Crippen molar-refractivity contribution in [2.75, 3.05) is 0 Å². The third kappa shape index (κ3) is 1.25. The van der Waals surface area contributed by atoms with Crippen molar-refractivity contribution in [1.82, 2.24) is 10.4 Å². The van der Waals surface area contributed by atoms with Crippen molar-refractivity contribution < 1.29 is 4.52 Å². The predicted molar refractivity (Wildman–Crippen MR) is 47.4 cm³/mol. The second kappa shape index (κ2) is 3.06. The summed E-state index contributed by atoms with van der Waals surface area (Å²) in [7, 11) is 0. The molecule has 12 heavy (non-hydrogen) atoms. The minimum Gasteiger partial charge on any atom is -0.329 e. The van der Waals surface area contributed by atoms with E-state index >= 15 is 0 Å². The highest BCUT2D eigenvalue weighted by Crippen LogP contribution is 2.24. The maximum absolute atomic E-state index is 4.77. The monoisotopic (exact) mass is 224 g/mol. The van der Waals surface area contributed by atoms with Crippen LogP contribution in [-0.2, 0) is 0 Å². The number of aromatic nitrogens is 2. The van der Waals surface area contributed by atoms with E-state index < -0.39 is 0 Å². The van der Waals surface area contributed by atoms with Gasteiger partial charge in [-0.3, -0.25) is 0 Å². The van der Waals surface area contributed by atoms with E-state index in [0.29, 0.717) is 4.67 Å². The third-order valence-corrected chi connectivity index (χ3v) is 2.02. The SMILES string of the molecule is Brc1onnc1-c1ccccc1. The Morgan fingerprint density at radius 3 is 2.50 bits per heavy atom. The largest absolute Gasteiger partial charge is 0.329 e. The van der Waals surface area contributed by atoms with Gasteiger partial charge in [-0.05, 0) is 15.9 Å². The molecule has 3 nitrogen and oxygen atoms in total. The minimum atomic E-state index is 0.564. The lowest BCUT2D eigenvalue weighted by Crippen LogP contribution is -1.76. The van der Waals surface area contributed by atoms with Crippen LogP contribution in [0.5, 0.6) is 0 Å². The highest BCUT2D eigenvalue weighted by Gasteiger charge is 2.07. The van der Waals surface area contributed by atoms with Crippen LogP contribution in [0.2, 0.25) is 0 Å². The van der Waals surface area contributed by atoms with Gasteiger partial charge >= 0.3 is 0 Å². The van der Waals surface area contributed by atoms with Crippen molar-refractivity contribution in [3.63, 3.8) is 0 Å². The van der Waals surface area contributed by atoms with Gasteiger partial charge in [0.05, 0.1) is 0 Å². The molecule has 0 spiro atoms. The maximum atomic E-state index is 4.77. The molecule has 2 aromatic rings. The fourth-order valence-electron chi connectivity index (χ4n) is 0.947. The Hall–Kier alpha value is -1.16. The highest BCUT2D eigenvalue weighted by atomic mass is 79.9. The molecule has 1 heterocycles. The fourth-order valence-corrected chi connectivity index (χ4v) is 1.32. The maximum Gasteiger partial charge on any atom is 0.230 e. The van der Waals surface area contributed by atoms with Gasteiger partial charge in [-0.2, -0.15) is 0 Å². The van der Waals surface area contributed by atoms with Crippen LogP contribution in [0.4, 0.5) is 0 Å². The van der Waals surface area contributed by atoms with Gasteiger partial charge in [-0.25, -0.2) is 0 Å². The first-order valence-corrected chi connectivity index (χ1v) is 4.20. The number of hydrogen-bond donors (Lipinski definition) is 0. The zero-order valence-electron chi connectivity index (χ0n) is 6.07. The Bertz CT molecular complexity index is 372. The standard InChI is InChI=1S/C8H5BrN2O/c9-8-7(10-11-12-8)6-4-2-1-3-5-6/h1-5H. The summed E-state index contributed by atoms with van der Waals surface area (Å²) in [5.41, 5.74) is 1.72. The number of halogens is 1. The average molecular weight is 225 g/mol. The van der Waals surface area contributed by atoms with Crippen molar-refractivity contribution in [2.45, 2.75) is 0 Å². The molecule has 60 valence electrons. The van der Waals surface area contributed by atoms with E-state index in [0.717, 1.165) is 11.3 Å². The lowest BCUT2D eigenvalue weighted by molar-refractivity contribution is 0.376. The fraction of sp³-hybridized carbons (Fsp3) is 0. The van der Waals surface area contributed by atoms with Gasteiger partial charge in [-0.15, -0.1) is 5.10 Å². The van der Waals surface area contributed by atoms with Gasteiger partial charge in [0, 0.05) is 10.8 Å². The first-order chi connectivity index (χ1) is 5.88. The molecular formula is C8H5BrN2O. The molecule has 0 aliphatic carbocycles. The van der Waals surface area contributed by atoms with Crippen LogP contribution in [-0.4, -0.2) is 10.4 Å². The zero-order chi connectivity index (χ0) is 8.39. The van der Waals surface area contributed by atoms with E-state index in [1.54, 1.807) is 0 Å². The van der Waals surface area contributed by atoms with Gasteiger partial charge in [0.1, 0.15) is 5.69 Å². The lowest BCUT2D eigenvalue weighted by atomic mass is 10.2. The van der Waals surface area contributed by atoms with Gasteiger partial charge in [-0.1, -0.05) is 30.3 Å². The summed E-state index contributed by atoms with van der Waals surface area (Å²) < 4.78 is 5.34. The first-order valence-electron chi connectivity index (χ1n) is 3.41. The zero-order valence-corrected chi connectivity index (χ0v) is 7.65. The molecule has 0 fully saturated rings. The van der Waals surface area contributed by atoms with E-state index in [1.807, 2.05) is 30.3 Å².